The lowest BCUT2D eigenvalue weighted by Crippen LogP contribution is -2.28. The van der Waals surface area contributed by atoms with Crippen molar-refractivity contribution in [2.24, 2.45) is 0 Å². The number of benzene rings is 2. The summed E-state index contributed by atoms with van der Waals surface area (Å²) in [4.78, 5) is 26.9. The molecule has 0 saturated carbocycles. The molecule has 3 aromatic rings. The maximum Gasteiger partial charge on any atom is 0.450 e. The third-order valence-corrected chi connectivity index (χ3v) is 3.48. The van der Waals surface area contributed by atoms with E-state index in [-0.39, 0.29) is 27.9 Å². The average Bonchev–Trinajstić information content (AvgIpc) is 2.53. The summed E-state index contributed by atoms with van der Waals surface area (Å²) in [5.41, 5.74) is -1.59. The maximum atomic E-state index is 13.4. The van der Waals surface area contributed by atoms with Crippen LogP contribution in [0.25, 0.3) is 16.6 Å². The van der Waals surface area contributed by atoms with Crippen LogP contribution >= 0.6 is 0 Å². The quantitative estimate of drug-likeness (QED) is 0.741. The molecule has 0 amide bonds. The van der Waals surface area contributed by atoms with Crippen molar-refractivity contribution < 1.29 is 28.2 Å². The molecule has 0 fully saturated rings. The van der Waals surface area contributed by atoms with Gasteiger partial charge in [-0.05, 0) is 36.4 Å². The molecule has 128 valence electrons. The molecule has 0 radical (unpaired) electrons. The minimum Gasteiger partial charge on any atom is -0.508 e. The fraction of sp³-hybridized carbons (Fsp3) is 0.0625. The normalized spacial score (nSPS) is 11.6. The Bertz CT molecular complexity index is 1040. The number of aromatic carboxylic acids is 1. The Morgan fingerprint density at radius 3 is 2.28 bits per heavy atom. The van der Waals surface area contributed by atoms with E-state index in [2.05, 4.69) is 4.98 Å². The SMILES string of the molecule is O=C(O)c1ccc(-n2c(C(F)(F)F)nc3cc(O)ccc3c2=O)cc1. The summed E-state index contributed by atoms with van der Waals surface area (Å²) in [5, 5.41) is 18.1. The second-order valence-electron chi connectivity index (χ2n) is 5.13. The number of aromatic nitrogens is 2. The fourth-order valence-corrected chi connectivity index (χ4v) is 2.36. The lowest BCUT2D eigenvalue weighted by Gasteiger charge is -2.15. The van der Waals surface area contributed by atoms with Crippen LogP contribution in [-0.4, -0.2) is 25.7 Å². The lowest BCUT2D eigenvalue weighted by molar-refractivity contribution is -0.146. The molecule has 2 aromatic carbocycles. The van der Waals surface area contributed by atoms with E-state index in [9.17, 15) is 27.9 Å². The number of halogens is 3. The van der Waals surface area contributed by atoms with Crippen LogP contribution in [0.5, 0.6) is 5.75 Å². The van der Waals surface area contributed by atoms with E-state index >= 15 is 0 Å². The van der Waals surface area contributed by atoms with Gasteiger partial charge in [-0.2, -0.15) is 13.2 Å². The third-order valence-electron chi connectivity index (χ3n) is 3.48. The predicted molar refractivity (Wildman–Crippen MR) is 81.0 cm³/mol. The topological polar surface area (TPSA) is 92.4 Å². The molecule has 6 nitrogen and oxygen atoms in total. The molecule has 0 saturated heterocycles. The second-order valence-corrected chi connectivity index (χ2v) is 5.13. The van der Waals surface area contributed by atoms with Gasteiger partial charge in [0.2, 0.25) is 5.82 Å². The molecule has 0 aliphatic carbocycles. The molecule has 0 bridgehead atoms. The standard InChI is InChI=1S/C16H9F3N2O4/c17-16(18,19)15-20-12-7-10(22)5-6-11(12)13(23)21(15)9-3-1-8(2-4-9)14(24)25/h1-7,22H,(H,24,25). The van der Waals surface area contributed by atoms with E-state index in [1.54, 1.807) is 0 Å². The minimum absolute atomic E-state index is 0.117. The van der Waals surface area contributed by atoms with Gasteiger partial charge in [0.15, 0.2) is 0 Å². The van der Waals surface area contributed by atoms with Crippen molar-refractivity contribution in [2.75, 3.05) is 0 Å². The molecule has 0 aliphatic heterocycles. The molecule has 0 aliphatic rings. The number of phenolic OH excluding ortho intramolecular Hbond substituents is 1. The second kappa shape index (κ2) is 5.62. The summed E-state index contributed by atoms with van der Waals surface area (Å²) in [6, 6.07) is 7.65. The monoisotopic (exact) mass is 350 g/mol. The Morgan fingerprint density at radius 1 is 1.08 bits per heavy atom. The van der Waals surface area contributed by atoms with Gasteiger partial charge < -0.3 is 10.2 Å². The van der Waals surface area contributed by atoms with E-state index in [0.717, 1.165) is 36.4 Å². The van der Waals surface area contributed by atoms with Crippen LogP contribution in [0.3, 0.4) is 0 Å². The summed E-state index contributed by atoms with van der Waals surface area (Å²) < 4.78 is 40.5. The van der Waals surface area contributed by atoms with Crippen LogP contribution in [0.15, 0.2) is 47.3 Å². The molecule has 2 N–H and O–H groups in total. The Labute approximate surface area is 137 Å². The Balaban J connectivity index is 2.36. The lowest BCUT2D eigenvalue weighted by atomic mass is 10.2. The Morgan fingerprint density at radius 2 is 1.72 bits per heavy atom. The summed E-state index contributed by atoms with van der Waals surface area (Å²) in [5.74, 6) is -3.04. The van der Waals surface area contributed by atoms with Crippen LogP contribution in [0, 0.1) is 0 Å². The number of aromatic hydroxyl groups is 1. The minimum atomic E-state index is -4.94. The van der Waals surface area contributed by atoms with Crippen molar-refractivity contribution in [1.29, 1.82) is 0 Å². The van der Waals surface area contributed by atoms with Gasteiger partial charge in [-0.25, -0.2) is 9.78 Å². The van der Waals surface area contributed by atoms with Crippen molar-refractivity contribution >= 4 is 16.9 Å². The van der Waals surface area contributed by atoms with Crippen LogP contribution in [0.2, 0.25) is 0 Å². The number of fused-ring (bicyclic) bond motifs is 1. The van der Waals surface area contributed by atoms with Gasteiger partial charge in [0.1, 0.15) is 5.75 Å². The number of carboxylic acid groups (broad SMARTS) is 1. The molecule has 0 spiro atoms. The highest BCUT2D eigenvalue weighted by Gasteiger charge is 2.37. The number of carbonyl (C=O) groups is 1. The van der Waals surface area contributed by atoms with Crippen LogP contribution < -0.4 is 5.56 Å². The van der Waals surface area contributed by atoms with Crippen LogP contribution in [-0.2, 0) is 6.18 Å². The summed E-state index contributed by atoms with van der Waals surface area (Å²) in [7, 11) is 0. The first-order chi connectivity index (χ1) is 11.7. The molecule has 25 heavy (non-hydrogen) atoms. The highest BCUT2D eigenvalue weighted by Crippen LogP contribution is 2.30. The molecule has 9 heteroatoms. The number of hydrogen-bond acceptors (Lipinski definition) is 4. The summed E-state index contributed by atoms with van der Waals surface area (Å²) in [6.07, 6.45) is -4.94. The molecular formula is C16H9F3N2O4. The van der Waals surface area contributed by atoms with Gasteiger partial charge in [-0.15, -0.1) is 0 Å². The van der Waals surface area contributed by atoms with Crippen molar-refractivity contribution in [2.45, 2.75) is 6.18 Å². The van der Waals surface area contributed by atoms with E-state index in [1.165, 1.54) is 6.07 Å². The van der Waals surface area contributed by atoms with Gasteiger partial charge in [-0.3, -0.25) is 9.36 Å². The Kier molecular flexibility index (Phi) is 3.71. The van der Waals surface area contributed by atoms with Crippen molar-refractivity contribution in [3.63, 3.8) is 0 Å². The number of phenols is 1. The fourth-order valence-electron chi connectivity index (χ4n) is 2.36. The molecular weight excluding hydrogens is 341 g/mol. The molecule has 0 atom stereocenters. The number of hydrogen-bond donors (Lipinski definition) is 2. The van der Waals surface area contributed by atoms with Gasteiger partial charge in [0.25, 0.3) is 5.56 Å². The third kappa shape index (κ3) is 2.91. The average molecular weight is 350 g/mol. The number of alkyl halides is 3. The van der Waals surface area contributed by atoms with Gasteiger partial charge in [0, 0.05) is 6.07 Å². The molecule has 3 rings (SSSR count). The maximum absolute atomic E-state index is 13.4. The van der Waals surface area contributed by atoms with E-state index in [4.69, 9.17) is 5.11 Å². The first-order valence-corrected chi connectivity index (χ1v) is 6.85. The van der Waals surface area contributed by atoms with Gasteiger partial charge >= 0.3 is 12.1 Å². The number of carboxylic acids is 1. The first-order valence-electron chi connectivity index (χ1n) is 6.85. The summed E-state index contributed by atoms with van der Waals surface area (Å²) in [6.45, 7) is 0. The van der Waals surface area contributed by atoms with Crippen LogP contribution in [0.1, 0.15) is 16.2 Å². The predicted octanol–water partition coefficient (Wildman–Crippen LogP) is 2.81. The van der Waals surface area contributed by atoms with Gasteiger partial charge in [-0.1, -0.05) is 0 Å². The van der Waals surface area contributed by atoms with E-state index in [0.29, 0.717) is 4.57 Å². The smallest absolute Gasteiger partial charge is 0.450 e. The Hall–Kier alpha value is -3.36. The van der Waals surface area contributed by atoms with E-state index in [1.807, 2.05) is 0 Å². The first kappa shape index (κ1) is 16.5. The van der Waals surface area contributed by atoms with Crippen molar-refractivity contribution in [3.8, 4) is 11.4 Å². The zero-order chi connectivity index (χ0) is 18.4. The molecule has 1 aromatic heterocycles. The van der Waals surface area contributed by atoms with Gasteiger partial charge in [0.05, 0.1) is 22.2 Å². The number of nitrogens with zero attached hydrogens (tertiary/aromatic N) is 2. The van der Waals surface area contributed by atoms with E-state index < -0.39 is 23.5 Å². The van der Waals surface area contributed by atoms with Crippen LogP contribution in [0.4, 0.5) is 13.2 Å². The summed E-state index contributed by atoms with van der Waals surface area (Å²) >= 11 is 0. The zero-order valence-electron chi connectivity index (χ0n) is 12.3. The highest BCUT2D eigenvalue weighted by atomic mass is 19.4. The zero-order valence-corrected chi connectivity index (χ0v) is 12.3. The number of rotatable bonds is 2. The molecule has 0 unspecified atom stereocenters. The van der Waals surface area contributed by atoms with Crippen molar-refractivity contribution in [1.82, 2.24) is 9.55 Å². The molecule has 1 heterocycles. The largest absolute Gasteiger partial charge is 0.508 e. The highest BCUT2D eigenvalue weighted by molar-refractivity contribution is 5.87. The van der Waals surface area contributed by atoms with Crippen molar-refractivity contribution in [3.05, 3.63) is 64.2 Å².